The molecule has 118 valence electrons. The van der Waals surface area contributed by atoms with E-state index >= 15 is 0 Å². The Labute approximate surface area is 133 Å². The summed E-state index contributed by atoms with van der Waals surface area (Å²) >= 11 is 1.18. The summed E-state index contributed by atoms with van der Waals surface area (Å²) < 4.78 is 43.2. The van der Waals surface area contributed by atoms with Crippen LogP contribution in [0.2, 0.25) is 0 Å². The molecule has 3 nitrogen and oxygen atoms in total. The van der Waals surface area contributed by atoms with E-state index in [0.717, 1.165) is 22.4 Å². The summed E-state index contributed by atoms with van der Waals surface area (Å²) in [6, 6.07) is 10.2. The lowest BCUT2D eigenvalue weighted by atomic mass is 10.0. The molecule has 2 aromatic carbocycles. The summed E-state index contributed by atoms with van der Waals surface area (Å²) in [7, 11) is 1.28. The maximum absolute atomic E-state index is 12.6. The molecule has 23 heavy (non-hydrogen) atoms. The van der Waals surface area contributed by atoms with Gasteiger partial charge >= 0.3 is 12.1 Å². The average molecular weight is 337 g/mol. The number of fused-ring (bicyclic) bond motifs is 1. The summed E-state index contributed by atoms with van der Waals surface area (Å²) in [6.45, 7) is 0. The minimum absolute atomic E-state index is 0.243. The highest BCUT2D eigenvalue weighted by Gasteiger charge is 2.29. The number of benzene rings is 2. The number of hydrogen-bond donors (Lipinski definition) is 0. The topological polar surface area (TPSA) is 39.2 Å². The van der Waals surface area contributed by atoms with Crippen LogP contribution in [-0.2, 0) is 10.9 Å². The molecule has 0 spiro atoms. The Hall–Kier alpha value is -2.41. The number of esters is 1. The number of carbonyl (C=O) groups is 1. The Morgan fingerprint density at radius 2 is 1.74 bits per heavy atom. The molecule has 0 fully saturated rings. The molecular weight excluding hydrogens is 327 g/mol. The van der Waals surface area contributed by atoms with Crippen molar-refractivity contribution in [3.8, 4) is 11.1 Å². The van der Waals surface area contributed by atoms with Crippen LogP contribution in [0.1, 0.15) is 15.4 Å². The van der Waals surface area contributed by atoms with E-state index in [1.54, 1.807) is 18.2 Å². The molecular formula is C16H10F3NO2S. The van der Waals surface area contributed by atoms with Crippen LogP contribution >= 0.6 is 11.3 Å². The van der Waals surface area contributed by atoms with Crippen LogP contribution in [-0.4, -0.2) is 18.1 Å². The zero-order chi connectivity index (χ0) is 16.6. The predicted octanol–water partition coefficient (Wildman–Crippen LogP) is 4.77. The van der Waals surface area contributed by atoms with Gasteiger partial charge in [-0.3, -0.25) is 0 Å². The van der Waals surface area contributed by atoms with Gasteiger partial charge in [0.25, 0.3) is 0 Å². The summed E-state index contributed by atoms with van der Waals surface area (Å²) in [6.07, 6.45) is -4.35. The third-order valence-corrected chi connectivity index (χ3v) is 4.29. The minimum Gasteiger partial charge on any atom is -0.464 e. The molecule has 3 aromatic rings. The number of rotatable bonds is 2. The van der Waals surface area contributed by atoms with Crippen molar-refractivity contribution >= 4 is 27.5 Å². The minimum atomic E-state index is -4.35. The van der Waals surface area contributed by atoms with Crippen LogP contribution in [0.15, 0.2) is 42.5 Å². The number of thiazole rings is 1. The van der Waals surface area contributed by atoms with Gasteiger partial charge in [0.2, 0.25) is 5.01 Å². The Kier molecular flexibility index (Phi) is 3.81. The van der Waals surface area contributed by atoms with E-state index in [9.17, 15) is 18.0 Å². The molecule has 0 radical (unpaired) electrons. The molecule has 1 aromatic heterocycles. The Morgan fingerprint density at radius 3 is 2.35 bits per heavy atom. The Morgan fingerprint density at radius 1 is 1.09 bits per heavy atom. The van der Waals surface area contributed by atoms with Crippen molar-refractivity contribution in [2.75, 3.05) is 7.11 Å². The lowest BCUT2D eigenvalue weighted by Crippen LogP contribution is -2.03. The summed E-state index contributed by atoms with van der Waals surface area (Å²) in [4.78, 5) is 15.6. The number of aromatic nitrogens is 1. The number of hydrogen-bond acceptors (Lipinski definition) is 4. The first-order chi connectivity index (χ1) is 10.9. The molecule has 3 rings (SSSR count). The smallest absolute Gasteiger partial charge is 0.416 e. The van der Waals surface area contributed by atoms with Crippen LogP contribution < -0.4 is 0 Å². The number of ether oxygens (including phenoxy) is 1. The second kappa shape index (κ2) is 5.66. The van der Waals surface area contributed by atoms with Gasteiger partial charge in [-0.25, -0.2) is 9.78 Å². The molecule has 7 heteroatoms. The summed E-state index contributed by atoms with van der Waals surface area (Å²) in [5, 5.41) is 0.243. The average Bonchev–Trinajstić information content (AvgIpc) is 2.96. The molecule has 0 amide bonds. The number of methoxy groups -OCH3 is 1. The first-order valence-electron chi connectivity index (χ1n) is 6.55. The third-order valence-electron chi connectivity index (χ3n) is 3.29. The van der Waals surface area contributed by atoms with Gasteiger partial charge in [-0.1, -0.05) is 18.2 Å². The van der Waals surface area contributed by atoms with Crippen molar-refractivity contribution in [3.05, 3.63) is 53.0 Å². The lowest BCUT2D eigenvalue weighted by Gasteiger charge is -2.07. The van der Waals surface area contributed by atoms with Crippen molar-refractivity contribution in [2.24, 2.45) is 0 Å². The first-order valence-corrected chi connectivity index (χ1v) is 7.36. The van der Waals surface area contributed by atoms with E-state index in [1.807, 2.05) is 0 Å². The van der Waals surface area contributed by atoms with Crippen molar-refractivity contribution < 1.29 is 22.7 Å². The lowest BCUT2D eigenvalue weighted by molar-refractivity contribution is -0.137. The van der Waals surface area contributed by atoms with Gasteiger partial charge in [0.05, 0.1) is 22.9 Å². The second-order valence-electron chi connectivity index (χ2n) is 4.77. The van der Waals surface area contributed by atoms with Gasteiger partial charge in [-0.15, -0.1) is 11.3 Å². The fourth-order valence-corrected chi connectivity index (χ4v) is 3.05. The second-order valence-corrected chi connectivity index (χ2v) is 5.80. The number of carbonyl (C=O) groups excluding carboxylic acids is 1. The molecule has 0 bridgehead atoms. The quantitative estimate of drug-likeness (QED) is 0.632. The van der Waals surface area contributed by atoms with E-state index in [4.69, 9.17) is 0 Å². The maximum atomic E-state index is 12.6. The fraction of sp³-hybridized carbons (Fsp3) is 0.125. The molecule has 0 aliphatic carbocycles. The van der Waals surface area contributed by atoms with Crippen LogP contribution in [0.5, 0.6) is 0 Å². The Bertz CT molecular complexity index is 869. The van der Waals surface area contributed by atoms with E-state index in [2.05, 4.69) is 9.72 Å². The molecule has 0 saturated carbocycles. The zero-order valence-electron chi connectivity index (χ0n) is 11.8. The largest absolute Gasteiger partial charge is 0.464 e. The van der Waals surface area contributed by atoms with Gasteiger partial charge in [0.1, 0.15) is 0 Å². The van der Waals surface area contributed by atoms with Gasteiger partial charge in [-0.05, 0) is 35.4 Å². The van der Waals surface area contributed by atoms with Crippen molar-refractivity contribution in [1.29, 1.82) is 0 Å². The highest BCUT2D eigenvalue weighted by molar-refractivity contribution is 7.20. The zero-order valence-corrected chi connectivity index (χ0v) is 12.7. The predicted molar refractivity (Wildman–Crippen MR) is 81.4 cm³/mol. The van der Waals surface area contributed by atoms with Crippen molar-refractivity contribution in [2.45, 2.75) is 6.18 Å². The third kappa shape index (κ3) is 3.05. The molecule has 1 heterocycles. The number of halogens is 3. The number of alkyl halides is 3. The first kappa shape index (κ1) is 15.5. The van der Waals surface area contributed by atoms with Gasteiger partial charge in [-0.2, -0.15) is 13.2 Å². The molecule has 0 saturated heterocycles. The Balaban J connectivity index is 1.98. The highest BCUT2D eigenvalue weighted by Crippen LogP contribution is 2.32. The maximum Gasteiger partial charge on any atom is 0.416 e. The summed E-state index contributed by atoms with van der Waals surface area (Å²) in [5.74, 6) is -0.512. The van der Waals surface area contributed by atoms with Crippen LogP contribution in [0.3, 0.4) is 0 Å². The van der Waals surface area contributed by atoms with Crippen molar-refractivity contribution in [1.82, 2.24) is 4.98 Å². The van der Waals surface area contributed by atoms with E-state index in [-0.39, 0.29) is 5.01 Å². The standard InChI is InChI=1S/C16H10F3NO2S/c1-22-15(21)14-20-12-7-4-10(8-13(12)23-14)9-2-5-11(6-3-9)16(17,18)19/h2-8H,1H3. The highest BCUT2D eigenvalue weighted by atomic mass is 32.1. The monoisotopic (exact) mass is 337 g/mol. The van der Waals surface area contributed by atoms with Gasteiger partial charge < -0.3 is 4.74 Å². The van der Waals surface area contributed by atoms with Crippen LogP contribution in [0, 0.1) is 0 Å². The molecule has 0 aliphatic rings. The summed E-state index contributed by atoms with van der Waals surface area (Å²) in [5.41, 5.74) is 1.37. The molecule has 0 unspecified atom stereocenters. The fourth-order valence-electron chi connectivity index (χ4n) is 2.13. The molecule has 0 aliphatic heterocycles. The van der Waals surface area contributed by atoms with Crippen LogP contribution in [0.25, 0.3) is 21.3 Å². The molecule has 0 atom stereocenters. The van der Waals surface area contributed by atoms with Crippen molar-refractivity contribution in [3.63, 3.8) is 0 Å². The molecule has 0 N–H and O–H groups in total. The van der Waals surface area contributed by atoms with Crippen LogP contribution in [0.4, 0.5) is 13.2 Å². The van der Waals surface area contributed by atoms with Gasteiger partial charge in [0.15, 0.2) is 0 Å². The van der Waals surface area contributed by atoms with E-state index in [0.29, 0.717) is 11.1 Å². The number of nitrogens with zero attached hydrogens (tertiary/aromatic N) is 1. The normalized spacial score (nSPS) is 11.7. The van der Waals surface area contributed by atoms with Gasteiger partial charge in [0, 0.05) is 0 Å². The van der Waals surface area contributed by atoms with E-state index < -0.39 is 17.7 Å². The SMILES string of the molecule is COC(=O)c1nc2ccc(-c3ccc(C(F)(F)F)cc3)cc2s1. The van der Waals surface area contributed by atoms with E-state index in [1.165, 1.54) is 30.6 Å².